The third kappa shape index (κ3) is 14.9. The molecule has 2 N–H and O–H groups in total. The van der Waals surface area contributed by atoms with Gasteiger partial charge in [-0.05, 0) is 34.0 Å². The van der Waals surface area contributed by atoms with Crippen molar-refractivity contribution in [1.29, 1.82) is 0 Å². The molecule has 0 aromatic carbocycles. The van der Waals surface area contributed by atoms with Crippen LogP contribution < -0.4 is 10.4 Å². The van der Waals surface area contributed by atoms with E-state index in [1.54, 1.807) is 7.11 Å². The monoisotopic (exact) mass is 324 g/mol. The number of nitrogens with one attached hydrogen (secondary N) is 2. The van der Waals surface area contributed by atoms with Crippen LogP contribution >= 0.6 is 8.30 Å². The van der Waals surface area contributed by atoms with Gasteiger partial charge in [0.05, 0.1) is 46.9 Å². The van der Waals surface area contributed by atoms with Gasteiger partial charge >= 0.3 is 0 Å². The Labute approximate surface area is 131 Å². The molecule has 0 rings (SSSR count). The molecule has 0 aromatic heterocycles. The van der Waals surface area contributed by atoms with Crippen LogP contribution in [0.4, 0.5) is 0 Å². The molecule has 0 saturated heterocycles. The van der Waals surface area contributed by atoms with Crippen molar-refractivity contribution in [2.45, 2.75) is 25.9 Å². The van der Waals surface area contributed by atoms with E-state index in [0.29, 0.717) is 26.4 Å². The van der Waals surface area contributed by atoms with E-state index in [1.165, 1.54) is 0 Å². The molecular formula is C14H33N2O4P. The Bertz CT molecular complexity index is 233. The van der Waals surface area contributed by atoms with E-state index in [2.05, 4.69) is 30.9 Å². The predicted octanol–water partition coefficient (Wildman–Crippen LogP) is 1.60. The zero-order valence-corrected chi connectivity index (χ0v) is 15.1. The summed E-state index contributed by atoms with van der Waals surface area (Å²) in [7, 11) is 3.04. The number of hydrogen-bond acceptors (Lipinski definition) is 6. The molecule has 0 aromatic rings. The number of methoxy groups -OCH3 is 1. The minimum Gasteiger partial charge on any atom is -0.379 e. The van der Waals surface area contributed by atoms with Crippen LogP contribution in [0.2, 0.25) is 0 Å². The summed E-state index contributed by atoms with van der Waals surface area (Å²) >= 11 is 0. The highest BCUT2D eigenvalue weighted by molar-refractivity contribution is 7.49. The molecule has 0 saturated carbocycles. The maximum atomic E-state index is 5.74. The summed E-state index contributed by atoms with van der Waals surface area (Å²) in [5, 5.41) is 6.35. The lowest BCUT2D eigenvalue weighted by molar-refractivity contribution is 0.00632. The number of rotatable bonds is 15. The molecule has 0 aliphatic heterocycles. The second kappa shape index (κ2) is 13.8. The van der Waals surface area contributed by atoms with Crippen molar-refractivity contribution in [3.8, 4) is 0 Å². The lowest BCUT2D eigenvalue weighted by Crippen LogP contribution is -2.24. The van der Waals surface area contributed by atoms with Gasteiger partial charge in [-0.25, -0.2) is 0 Å². The Balaban J connectivity index is 3.28. The highest BCUT2D eigenvalue weighted by atomic mass is 31.2. The van der Waals surface area contributed by atoms with Crippen LogP contribution in [0.25, 0.3) is 0 Å². The first kappa shape index (κ1) is 21.2. The Morgan fingerprint density at radius 2 is 1.57 bits per heavy atom. The van der Waals surface area contributed by atoms with E-state index >= 15 is 0 Å². The van der Waals surface area contributed by atoms with E-state index < -0.39 is 8.30 Å². The lowest BCUT2D eigenvalue weighted by Gasteiger charge is -2.23. The molecule has 0 fully saturated rings. The normalized spacial score (nSPS) is 13.6. The van der Waals surface area contributed by atoms with Crippen molar-refractivity contribution in [3.05, 3.63) is 0 Å². The van der Waals surface area contributed by atoms with Crippen molar-refractivity contribution in [1.82, 2.24) is 10.4 Å². The summed E-state index contributed by atoms with van der Waals surface area (Å²) in [6.45, 7) is 11.2. The summed E-state index contributed by atoms with van der Waals surface area (Å²) in [6.07, 6.45) is 0.887. The first-order chi connectivity index (χ1) is 10.0. The summed E-state index contributed by atoms with van der Waals surface area (Å²) < 4.78 is 21.9. The SMILES string of the molecule is CNCCOCCOCCNP(C)OCCC(C)(C)OC. The van der Waals surface area contributed by atoms with Crippen LogP contribution in [0.15, 0.2) is 0 Å². The van der Waals surface area contributed by atoms with Gasteiger partial charge in [0.2, 0.25) is 0 Å². The second-order valence-corrected chi connectivity index (χ2v) is 6.85. The smallest absolute Gasteiger partial charge is 0.0979 e. The van der Waals surface area contributed by atoms with Crippen molar-refractivity contribution in [3.63, 3.8) is 0 Å². The van der Waals surface area contributed by atoms with Gasteiger partial charge in [-0.2, -0.15) is 0 Å². The summed E-state index contributed by atoms with van der Waals surface area (Å²) in [5.74, 6) is 0. The van der Waals surface area contributed by atoms with Gasteiger partial charge in [0.15, 0.2) is 0 Å². The Morgan fingerprint density at radius 1 is 0.952 bits per heavy atom. The minimum atomic E-state index is -0.596. The standard InChI is InChI=1S/C14H33N2O4P/c1-14(2,17-4)6-9-20-21(5)16-8-11-19-13-12-18-10-7-15-3/h15-16H,6-13H2,1-5H3. The molecule has 0 radical (unpaired) electrons. The van der Waals surface area contributed by atoms with Gasteiger partial charge in [0.25, 0.3) is 0 Å². The quantitative estimate of drug-likeness (QED) is 0.352. The van der Waals surface area contributed by atoms with Crippen LogP contribution in [-0.2, 0) is 18.7 Å². The predicted molar refractivity (Wildman–Crippen MR) is 88.1 cm³/mol. The molecule has 7 heteroatoms. The van der Waals surface area contributed by atoms with Gasteiger partial charge in [-0.15, -0.1) is 0 Å². The molecule has 21 heavy (non-hydrogen) atoms. The minimum absolute atomic E-state index is 0.118. The largest absolute Gasteiger partial charge is 0.379 e. The van der Waals surface area contributed by atoms with E-state index in [1.807, 2.05) is 7.05 Å². The van der Waals surface area contributed by atoms with E-state index in [0.717, 1.165) is 26.1 Å². The third-order valence-electron chi connectivity index (χ3n) is 2.99. The van der Waals surface area contributed by atoms with Gasteiger partial charge in [-0.1, -0.05) is 0 Å². The molecule has 1 unspecified atom stereocenters. The topological polar surface area (TPSA) is 61.0 Å². The van der Waals surface area contributed by atoms with E-state index in [9.17, 15) is 0 Å². The zero-order valence-electron chi connectivity index (χ0n) is 14.2. The molecule has 0 spiro atoms. The fourth-order valence-electron chi connectivity index (χ4n) is 1.35. The fourth-order valence-corrected chi connectivity index (χ4v) is 2.21. The van der Waals surface area contributed by atoms with Crippen LogP contribution in [0.1, 0.15) is 20.3 Å². The molecule has 0 heterocycles. The summed E-state index contributed by atoms with van der Waals surface area (Å²) in [6, 6.07) is 0. The van der Waals surface area contributed by atoms with Crippen molar-refractivity contribution in [2.75, 3.05) is 66.9 Å². The molecule has 0 bridgehead atoms. The lowest BCUT2D eigenvalue weighted by atomic mass is 10.1. The molecule has 0 aliphatic carbocycles. The first-order valence-electron chi connectivity index (χ1n) is 7.47. The number of likely N-dealkylation sites (N-methyl/N-ethyl adjacent to an activating group) is 1. The van der Waals surface area contributed by atoms with Gasteiger partial charge in [0.1, 0.15) is 0 Å². The fraction of sp³-hybridized carbons (Fsp3) is 1.00. The van der Waals surface area contributed by atoms with Crippen LogP contribution in [0, 0.1) is 0 Å². The van der Waals surface area contributed by atoms with Crippen molar-refractivity contribution in [2.24, 2.45) is 0 Å². The number of hydrogen-bond donors (Lipinski definition) is 2. The maximum absolute atomic E-state index is 5.74. The zero-order chi connectivity index (χ0) is 16.0. The summed E-state index contributed by atoms with van der Waals surface area (Å²) in [4.78, 5) is 0. The van der Waals surface area contributed by atoms with Gasteiger partial charge in [-0.3, -0.25) is 5.09 Å². The van der Waals surface area contributed by atoms with Crippen LogP contribution in [0.5, 0.6) is 0 Å². The third-order valence-corrected chi connectivity index (χ3v) is 4.23. The molecule has 0 aliphatic rings. The van der Waals surface area contributed by atoms with Crippen molar-refractivity contribution >= 4 is 8.30 Å². The van der Waals surface area contributed by atoms with Gasteiger partial charge < -0.3 is 24.1 Å². The molecule has 0 amide bonds. The molecule has 128 valence electrons. The average molecular weight is 324 g/mol. The highest BCUT2D eigenvalue weighted by Crippen LogP contribution is 2.27. The average Bonchev–Trinajstić information content (AvgIpc) is 2.45. The Morgan fingerprint density at radius 3 is 2.14 bits per heavy atom. The number of ether oxygens (including phenoxy) is 3. The van der Waals surface area contributed by atoms with E-state index in [-0.39, 0.29) is 5.60 Å². The molecule has 6 nitrogen and oxygen atoms in total. The first-order valence-corrected chi connectivity index (χ1v) is 9.18. The van der Waals surface area contributed by atoms with Crippen LogP contribution in [0.3, 0.4) is 0 Å². The second-order valence-electron chi connectivity index (χ2n) is 5.28. The molecular weight excluding hydrogens is 291 g/mol. The van der Waals surface area contributed by atoms with E-state index in [4.69, 9.17) is 18.7 Å². The Hall–Kier alpha value is 0.190. The highest BCUT2D eigenvalue weighted by Gasteiger charge is 2.16. The van der Waals surface area contributed by atoms with Crippen molar-refractivity contribution < 1.29 is 18.7 Å². The van der Waals surface area contributed by atoms with Crippen LogP contribution in [-0.4, -0.2) is 72.5 Å². The maximum Gasteiger partial charge on any atom is 0.0979 e. The van der Waals surface area contributed by atoms with Gasteiger partial charge in [0, 0.05) is 20.2 Å². The summed E-state index contributed by atoms with van der Waals surface area (Å²) in [5.41, 5.74) is -0.118. The Kier molecular flexibility index (Phi) is 14.0. The molecule has 1 atom stereocenters.